The minimum absolute atomic E-state index is 0.0986. The molecule has 2 aromatic carbocycles. The minimum Gasteiger partial charge on any atom is -0.399 e. The lowest BCUT2D eigenvalue weighted by Gasteiger charge is -2.17. The number of nitrogens with two attached hydrogens (primary N) is 1. The average Bonchev–Trinajstić information content (AvgIpc) is 2.45. The summed E-state index contributed by atoms with van der Waals surface area (Å²) in [5.41, 5.74) is 9.06. The third-order valence-electron chi connectivity index (χ3n) is 3.09. The molecule has 0 unspecified atom stereocenters. The SMILES string of the molecule is CN(C)c1ccccc1CNC(=O)c1ccc(N)cc1. The van der Waals surface area contributed by atoms with Crippen LogP contribution in [0.4, 0.5) is 11.4 Å². The number of hydrogen-bond acceptors (Lipinski definition) is 3. The summed E-state index contributed by atoms with van der Waals surface area (Å²) < 4.78 is 0. The summed E-state index contributed by atoms with van der Waals surface area (Å²) in [4.78, 5) is 14.1. The Morgan fingerprint density at radius 2 is 1.75 bits per heavy atom. The van der Waals surface area contributed by atoms with Gasteiger partial charge in [-0.25, -0.2) is 0 Å². The molecule has 0 aliphatic heterocycles. The number of hydrogen-bond donors (Lipinski definition) is 2. The fourth-order valence-corrected chi connectivity index (χ4v) is 2.01. The van der Waals surface area contributed by atoms with Crippen molar-refractivity contribution in [3.63, 3.8) is 0 Å². The highest BCUT2D eigenvalue weighted by Crippen LogP contribution is 2.17. The lowest BCUT2D eigenvalue weighted by molar-refractivity contribution is 0.0951. The molecule has 0 radical (unpaired) electrons. The first-order valence-electron chi connectivity index (χ1n) is 6.47. The largest absolute Gasteiger partial charge is 0.399 e. The Labute approximate surface area is 119 Å². The van der Waals surface area contributed by atoms with Gasteiger partial charge < -0.3 is 16.0 Å². The van der Waals surface area contributed by atoms with E-state index in [9.17, 15) is 4.79 Å². The van der Waals surface area contributed by atoms with Gasteiger partial charge in [0.05, 0.1) is 0 Å². The number of amides is 1. The van der Waals surface area contributed by atoms with Crippen LogP contribution in [0.5, 0.6) is 0 Å². The van der Waals surface area contributed by atoms with Crippen molar-refractivity contribution in [2.45, 2.75) is 6.54 Å². The van der Waals surface area contributed by atoms with Crippen LogP contribution in [0.25, 0.3) is 0 Å². The highest BCUT2D eigenvalue weighted by atomic mass is 16.1. The molecule has 2 aromatic rings. The van der Waals surface area contributed by atoms with Crippen molar-refractivity contribution in [2.24, 2.45) is 0 Å². The topological polar surface area (TPSA) is 58.4 Å². The van der Waals surface area contributed by atoms with E-state index >= 15 is 0 Å². The van der Waals surface area contributed by atoms with E-state index in [1.807, 2.05) is 43.3 Å². The third-order valence-corrected chi connectivity index (χ3v) is 3.09. The first-order chi connectivity index (χ1) is 9.58. The Balaban J connectivity index is 2.05. The highest BCUT2D eigenvalue weighted by Gasteiger charge is 2.07. The molecule has 20 heavy (non-hydrogen) atoms. The predicted molar refractivity (Wildman–Crippen MR) is 82.8 cm³/mol. The number of anilines is 2. The smallest absolute Gasteiger partial charge is 0.251 e. The van der Waals surface area contributed by atoms with E-state index in [-0.39, 0.29) is 5.91 Å². The molecular weight excluding hydrogens is 250 g/mol. The standard InChI is InChI=1S/C16H19N3O/c1-19(2)15-6-4-3-5-13(15)11-18-16(20)12-7-9-14(17)10-8-12/h3-10H,11,17H2,1-2H3,(H,18,20). The van der Waals surface area contributed by atoms with Crippen molar-refractivity contribution >= 4 is 17.3 Å². The molecule has 0 heterocycles. The lowest BCUT2D eigenvalue weighted by Crippen LogP contribution is -2.24. The Bertz CT molecular complexity index is 591. The van der Waals surface area contributed by atoms with Gasteiger partial charge in [-0.3, -0.25) is 4.79 Å². The van der Waals surface area contributed by atoms with Crippen LogP contribution in [-0.4, -0.2) is 20.0 Å². The Hall–Kier alpha value is -2.49. The van der Waals surface area contributed by atoms with Crippen LogP contribution in [0.3, 0.4) is 0 Å². The Kier molecular flexibility index (Phi) is 4.25. The van der Waals surface area contributed by atoms with Crippen molar-refractivity contribution in [3.05, 3.63) is 59.7 Å². The van der Waals surface area contributed by atoms with Crippen LogP contribution in [0, 0.1) is 0 Å². The Morgan fingerprint density at radius 1 is 1.10 bits per heavy atom. The van der Waals surface area contributed by atoms with Crippen LogP contribution in [0.1, 0.15) is 15.9 Å². The molecule has 1 amide bonds. The summed E-state index contributed by atoms with van der Waals surface area (Å²) in [6, 6.07) is 14.9. The summed E-state index contributed by atoms with van der Waals surface area (Å²) in [7, 11) is 3.97. The van der Waals surface area contributed by atoms with Gasteiger partial charge in [0.2, 0.25) is 0 Å². The summed E-state index contributed by atoms with van der Waals surface area (Å²) in [6.45, 7) is 0.498. The summed E-state index contributed by atoms with van der Waals surface area (Å²) in [5.74, 6) is -0.0986. The molecule has 0 aliphatic rings. The molecule has 4 nitrogen and oxygen atoms in total. The van der Waals surface area contributed by atoms with E-state index in [1.165, 1.54) is 0 Å². The van der Waals surface area contributed by atoms with Crippen molar-refractivity contribution in [2.75, 3.05) is 24.7 Å². The number of nitrogens with one attached hydrogen (secondary N) is 1. The molecule has 2 rings (SSSR count). The fourth-order valence-electron chi connectivity index (χ4n) is 2.01. The normalized spacial score (nSPS) is 10.1. The van der Waals surface area contributed by atoms with E-state index in [0.717, 1.165) is 11.3 Å². The third kappa shape index (κ3) is 3.29. The second kappa shape index (κ2) is 6.10. The number of nitrogens with zero attached hydrogens (tertiary/aromatic N) is 1. The molecule has 4 heteroatoms. The van der Waals surface area contributed by atoms with Crippen LogP contribution in [0.2, 0.25) is 0 Å². The maximum absolute atomic E-state index is 12.0. The maximum Gasteiger partial charge on any atom is 0.251 e. The first kappa shape index (κ1) is 13.9. The van der Waals surface area contributed by atoms with Gasteiger partial charge in [0.25, 0.3) is 5.91 Å². The molecular formula is C16H19N3O. The van der Waals surface area contributed by atoms with E-state index in [0.29, 0.717) is 17.8 Å². The maximum atomic E-state index is 12.0. The van der Waals surface area contributed by atoms with E-state index in [4.69, 9.17) is 5.73 Å². The highest BCUT2D eigenvalue weighted by molar-refractivity contribution is 5.94. The number of rotatable bonds is 4. The average molecular weight is 269 g/mol. The van der Waals surface area contributed by atoms with Gasteiger partial charge in [0.15, 0.2) is 0 Å². The number of benzene rings is 2. The number of para-hydroxylation sites is 1. The molecule has 0 aliphatic carbocycles. The zero-order valence-electron chi connectivity index (χ0n) is 11.8. The molecule has 0 atom stereocenters. The zero-order chi connectivity index (χ0) is 14.5. The molecule has 0 spiro atoms. The van der Waals surface area contributed by atoms with Crippen molar-refractivity contribution in [1.29, 1.82) is 0 Å². The summed E-state index contributed by atoms with van der Waals surface area (Å²) >= 11 is 0. The van der Waals surface area contributed by atoms with Crippen molar-refractivity contribution < 1.29 is 4.79 Å². The quantitative estimate of drug-likeness (QED) is 0.837. The van der Waals surface area contributed by atoms with Gasteiger partial charge in [-0.05, 0) is 35.9 Å². The fraction of sp³-hybridized carbons (Fsp3) is 0.188. The number of carbonyl (C=O) groups excluding carboxylic acids is 1. The second-order valence-corrected chi connectivity index (χ2v) is 4.83. The predicted octanol–water partition coefficient (Wildman–Crippen LogP) is 2.26. The van der Waals surface area contributed by atoms with Gasteiger partial charge in [0, 0.05) is 37.6 Å². The molecule has 0 bridgehead atoms. The number of carbonyl (C=O) groups is 1. The molecule has 0 saturated heterocycles. The van der Waals surface area contributed by atoms with Crippen LogP contribution in [-0.2, 0) is 6.54 Å². The van der Waals surface area contributed by atoms with Gasteiger partial charge in [-0.15, -0.1) is 0 Å². The zero-order valence-corrected chi connectivity index (χ0v) is 11.8. The summed E-state index contributed by atoms with van der Waals surface area (Å²) in [5, 5.41) is 2.92. The van der Waals surface area contributed by atoms with E-state index in [1.54, 1.807) is 24.3 Å². The summed E-state index contributed by atoms with van der Waals surface area (Å²) in [6.07, 6.45) is 0. The van der Waals surface area contributed by atoms with Gasteiger partial charge in [-0.2, -0.15) is 0 Å². The Morgan fingerprint density at radius 3 is 2.40 bits per heavy atom. The minimum atomic E-state index is -0.0986. The van der Waals surface area contributed by atoms with Gasteiger partial charge in [-0.1, -0.05) is 18.2 Å². The van der Waals surface area contributed by atoms with Crippen LogP contribution >= 0.6 is 0 Å². The van der Waals surface area contributed by atoms with Gasteiger partial charge in [0.1, 0.15) is 0 Å². The molecule has 0 aromatic heterocycles. The van der Waals surface area contributed by atoms with Crippen molar-refractivity contribution in [3.8, 4) is 0 Å². The molecule has 0 saturated carbocycles. The van der Waals surface area contributed by atoms with E-state index in [2.05, 4.69) is 5.32 Å². The van der Waals surface area contributed by atoms with Crippen LogP contribution in [0.15, 0.2) is 48.5 Å². The van der Waals surface area contributed by atoms with Crippen LogP contribution < -0.4 is 16.0 Å². The number of nitrogen functional groups attached to an aromatic ring is 1. The molecule has 104 valence electrons. The molecule has 0 fully saturated rings. The monoisotopic (exact) mass is 269 g/mol. The lowest BCUT2D eigenvalue weighted by atomic mass is 10.1. The molecule has 3 N–H and O–H groups in total. The van der Waals surface area contributed by atoms with E-state index < -0.39 is 0 Å². The van der Waals surface area contributed by atoms with Gasteiger partial charge >= 0.3 is 0 Å². The van der Waals surface area contributed by atoms with Crippen molar-refractivity contribution in [1.82, 2.24) is 5.32 Å². The second-order valence-electron chi connectivity index (χ2n) is 4.83. The first-order valence-corrected chi connectivity index (χ1v) is 6.47.